The SMILES string of the molecule is CSCCC1NC(=O)N(CCC(N)=S)C1=O. The van der Waals surface area contributed by atoms with Gasteiger partial charge in [0.1, 0.15) is 6.04 Å². The van der Waals surface area contributed by atoms with Crippen LogP contribution in [0.3, 0.4) is 0 Å². The molecule has 0 aliphatic carbocycles. The Morgan fingerprint density at radius 2 is 2.31 bits per heavy atom. The second-order valence-corrected chi connectivity index (χ2v) is 5.00. The average Bonchev–Trinajstić information content (AvgIpc) is 2.48. The molecule has 1 unspecified atom stereocenters. The molecule has 0 bridgehead atoms. The molecule has 90 valence electrons. The Balaban J connectivity index is 2.50. The highest BCUT2D eigenvalue weighted by Crippen LogP contribution is 2.12. The molecule has 1 fully saturated rings. The van der Waals surface area contributed by atoms with E-state index in [-0.39, 0.29) is 24.5 Å². The molecule has 1 rings (SSSR count). The van der Waals surface area contributed by atoms with Crippen LogP contribution < -0.4 is 11.1 Å². The van der Waals surface area contributed by atoms with Crippen LogP contribution in [0.2, 0.25) is 0 Å². The number of imide groups is 1. The normalized spacial score (nSPS) is 20.1. The summed E-state index contributed by atoms with van der Waals surface area (Å²) in [5.74, 6) is 0.676. The molecule has 0 spiro atoms. The lowest BCUT2D eigenvalue weighted by Gasteiger charge is -2.11. The summed E-state index contributed by atoms with van der Waals surface area (Å²) in [5.41, 5.74) is 5.33. The molecule has 0 aromatic carbocycles. The molecular formula is C9H15N3O2S2. The van der Waals surface area contributed by atoms with Gasteiger partial charge in [-0.25, -0.2) is 4.79 Å². The summed E-state index contributed by atoms with van der Waals surface area (Å²) in [6.07, 6.45) is 3.00. The minimum absolute atomic E-state index is 0.171. The first kappa shape index (κ1) is 13.2. The lowest BCUT2D eigenvalue weighted by Crippen LogP contribution is -2.34. The van der Waals surface area contributed by atoms with E-state index in [2.05, 4.69) is 5.32 Å². The van der Waals surface area contributed by atoms with E-state index in [0.717, 1.165) is 5.75 Å². The number of hydrogen-bond donors (Lipinski definition) is 2. The van der Waals surface area contributed by atoms with E-state index >= 15 is 0 Å². The fourth-order valence-corrected chi connectivity index (χ4v) is 2.00. The summed E-state index contributed by atoms with van der Waals surface area (Å²) in [7, 11) is 0. The molecule has 7 heteroatoms. The van der Waals surface area contributed by atoms with Gasteiger partial charge in [0.2, 0.25) is 0 Å². The van der Waals surface area contributed by atoms with Gasteiger partial charge in [0, 0.05) is 13.0 Å². The monoisotopic (exact) mass is 261 g/mol. The van der Waals surface area contributed by atoms with Crippen molar-refractivity contribution in [3.8, 4) is 0 Å². The third kappa shape index (κ3) is 3.34. The molecule has 1 atom stereocenters. The van der Waals surface area contributed by atoms with E-state index in [1.165, 1.54) is 4.90 Å². The highest BCUT2D eigenvalue weighted by molar-refractivity contribution is 7.98. The number of urea groups is 1. The topological polar surface area (TPSA) is 75.4 Å². The third-order valence-corrected chi connectivity index (χ3v) is 3.15. The molecule has 0 aromatic heterocycles. The molecule has 5 nitrogen and oxygen atoms in total. The number of nitrogens with zero attached hydrogens (tertiary/aromatic N) is 1. The van der Waals surface area contributed by atoms with Gasteiger partial charge < -0.3 is 11.1 Å². The predicted octanol–water partition coefficient (Wildman–Crippen LogP) is 0.336. The van der Waals surface area contributed by atoms with Crippen molar-refractivity contribution in [2.24, 2.45) is 5.73 Å². The summed E-state index contributed by atoms with van der Waals surface area (Å²) in [6, 6.07) is -0.723. The smallest absolute Gasteiger partial charge is 0.324 e. The number of hydrogen-bond acceptors (Lipinski definition) is 4. The standard InChI is InChI=1S/C9H15N3O2S2/c1-16-5-3-6-8(13)12(9(14)11-6)4-2-7(10)15/h6H,2-5H2,1H3,(H2,10,15)(H,11,14). The van der Waals surface area contributed by atoms with Crippen molar-refractivity contribution >= 4 is 40.9 Å². The number of carbonyl (C=O) groups excluding carboxylic acids is 2. The molecule has 1 aliphatic rings. The van der Waals surface area contributed by atoms with Crippen LogP contribution >= 0.6 is 24.0 Å². The van der Waals surface area contributed by atoms with E-state index < -0.39 is 0 Å². The molecule has 3 N–H and O–H groups in total. The Hall–Kier alpha value is -0.820. The molecule has 1 saturated heterocycles. The second-order valence-electron chi connectivity index (χ2n) is 3.49. The Morgan fingerprint density at radius 3 is 2.88 bits per heavy atom. The highest BCUT2D eigenvalue weighted by Gasteiger charge is 2.36. The lowest BCUT2D eigenvalue weighted by atomic mass is 10.2. The van der Waals surface area contributed by atoms with E-state index in [4.69, 9.17) is 18.0 Å². The van der Waals surface area contributed by atoms with Crippen molar-refractivity contribution in [1.29, 1.82) is 0 Å². The van der Waals surface area contributed by atoms with Crippen LogP contribution in [-0.2, 0) is 4.79 Å². The van der Waals surface area contributed by atoms with Crippen molar-refractivity contribution < 1.29 is 9.59 Å². The minimum atomic E-state index is -0.383. The Kier molecular flexibility index (Phi) is 5.01. The van der Waals surface area contributed by atoms with Crippen LogP contribution in [0.15, 0.2) is 0 Å². The first-order chi connectivity index (χ1) is 7.56. The predicted molar refractivity (Wildman–Crippen MR) is 68.4 cm³/mol. The van der Waals surface area contributed by atoms with Gasteiger partial charge in [0.25, 0.3) is 5.91 Å². The number of thiocarbonyl (C=S) groups is 1. The van der Waals surface area contributed by atoms with Gasteiger partial charge in [-0.15, -0.1) is 0 Å². The quantitative estimate of drug-likeness (QED) is 0.532. The van der Waals surface area contributed by atoms with E-state index in [1.807, 2.05) is 6.26 Å². The number of thioether (sulfide) groups is 1. The van der Waals surface area contributed by atoms with Crippen molar-refractivity contribution in [2.75, 3.05) is 18.6 Å². The maximum absolute atomic E-state index is 11.8. The first-order valence-electron chi connectivity index (χ1n) is 4.95. The van der Waals surface area contributed by atoms with Crippen LogP contribution in [0, 0.1) is 0 Å². The van der Waals surface area contributed by atoms with Crippen molar-refractivity contribution in [2.45, 2.75) is 18.9 Å². The van der Waals surface area contributed by atoms with Crippen LogP contribution in [0.1, 0.15) is 12.8 Å². The largest absolute Gasteiger partial charge is 0.393 e. The zero-order valence-corrected chi connectivity index (χ0v) is 10.7. The summed E-state index contributed by atoms with van der Waals surface area (Å²) < 4.78 is 0. The van der Waals surface area contributed by atoms with Crippen molar-refractivity contribution in [3.05, 3.63) is 0 Å². The molecule has 1 heterocycles. The number of nitrogens with one attached hydrogen (secondary N) is 1. The minimum Gasteiger partial charge on any atom is -0.393 e. The molecule has 0 saturated carbocycles. The highest BCUT2D eigenvalue weighted by atomic mass is 32.2. The van der Waals surface area contributed by atoms with Crippen LogP contribution in [0.25, 0.3) is 0 Å². The van der Waals surface area contributed by atoms with Gasteiger partial charge in [-0.05, 0) is 18.4 Å². The van der Waals surface area contributed by atoms with Gasteiger partial charge >= 0.3 is 6.03 Å². The van der Waals surface area contributed by atoms with Gasteiger partial charge in [-0.1, -0.05) is 12.2 Å². The Morgan fingerprint density at radius 1 is 1.62 bits per heavy atom. The maximum atomic E-state index is 11.8. The van der Waals surface area contributed by atoms with Gasteiger partial charge in [-0.3, -0.25) is 9.69 Å². The fourth-order valence-electron chi connectivity index (χ4n) is 1.44. The third-order valence-electron chi connectivity index (χ3n) is 2.30. The average molecular weight is 261 g/mol. The maximum Gasteiger partial charge on any atom is 0.324 e. The number of carbonyl (C=O) groups is 2. The molecule has 0 radical (unpaired) electrons. The first-order valence-corrected chi connectivity index (χ1v) is 6.75. The molecular weight excluding hydrogens is 246 g/mol. The van der Waals surface area contributed by atoms with Crippen LogP contribution in [-0.4, -0.2) is 46.4 Å². The summed E-state index contributed by atoms with van der Waals surface area (Å²) in [5, 5.41) is 2.65. The Labute approximate surface area is 104 Å². The van der Waals surface area contributed by atoms with E-state index in [9.17, 15) is 9.59 Å². The Bertz CT molecular complexity index is 309. The van der Waals surface area contributed by atoms with Gasteiger partial charge in [0.05, 0.1) is 4.99 Å². The van der Waals surface area contributed by atoms with Crippen molar-refractivity contribution in [3.63, 3.8) is 0 Å². The molecule has 16 heavy (non-hydrogen) atoms. The van der Waals surface area contributed by atoms with Crippen molar-refractivity contribution in [1.82, 2.24) is 10.2 Å². The van der Waals surface area contributed by atoms with E-state index in [0.29, 0.717) is 17.8 Å². The van der Waals surface area contributed by atoms with Gasteiger partial charge in [0.15, 0.2) is 0 Å². The summed E-state index contributed by atoms with van der Waals surface area (Å²) >= 11 is 6.36. The van der Waals surface area contributed by atoms with E-state index in [1.54, 1.807) is 11.8 Å². The number of nitrogens with two attached hydrogens (primary N) is 1. The number of rotatable bonds is 6. The zero-order valence-electron chi connectivity index (χ0n) is 9.06. The fraction of sp³-hybridized carbons (Fsp3) is 0.667. The van der Waals surface area contributed by atoms with Crippen LogP contribution in [0.5, 0.6) is 0 Å². The summed E-state index contributed by atoms with van der Waals surface area (Å²) in [4.78, 5) is 24.8. The number of amides is 3. The summed E-state index contributed by atoms with van der Waals surface area (Å²) in [6.45, 7) is 0.274. The second kappa shape index (κ2) is 6.05. The van der Waals surface area contributed by atoms with Crippen LogP contribution in [0.4, 0.5) is 4.79 Å². The molecule has 1 aliphatic heterocycles. The van der Waals surface area contributed by atoms with Gasteiger partial charge in [-0.2, -0.15) is 11.8 Å². The molecule has 3 amide bonds. The zero-order chi connectivity index (χ0) is 12.1. The molecule has 0 aromatic rings. The lowest BCUT2D eigenvalue weighted by molar-refractivity contribution is -0.127.